The maximum Gasteiger partial charge on any atom is 0.246 e. The molecule has 0 atom stereocenters. The second-order valence-corrected chi connectivity index (χ2v) is 4.03. The van der Waals surface area contributed by atoms with Gasteiger partial charge < -0.3 is 9.09 Å². The third-order valence-electron chi connectivity index (χ3n) is 2.81. The first-order valence-electron chi connectivity index (χ1n) is 5.55. The lowest BCUT2D eigenvalue weighted by molar-refractivity contribution is 0.369. The monoisotopic (exact) mass is 238 g/mol. The molecule has 0 unspecified atom stereocenters. The molecular weight excluding hydrogens is 228 g/mol. The van der Waals surface area contributed by atoms with E-state index in [-0.39, 0.29) is 0 Å². The van der Waals surface area contributed by atoms with Gasteiger partial charge in [-0.05, 0) is 25.1 Å². The van der Waals surface area contributed by atoms with Gasteiger partial charge in [-0.3, -0.25) is 0 Å². The van der Waals surface area contributed by atoms with Crippen molar-refractivity contribution in [2.45, 2.75) is 13.5 Å². The van der Waals surface area contributed by atoms with Crippen molar-refractivity contribution in [2.24, 2.45) is 0 Å². The summed E-state index contributed by atoms with van der Waals surface area (Å²) in [6, 6.07) is 9.77. The van der Waals surface area contributed by atoms with Gasteiger partial charge in [0, 0.05) is 17.1 Å². The van der Waals surface area contributed by atoms with E-state index in [1.165, 1.54) is 0 Å². The molecule has 88 valence electrons. The predicted molar refractivity (Wildman–Crippen MR) is 64.8 cm³/mol. The van der Waals surface area contributed by atoms with Crippen molar-refractivity contribution in [3.05, 3.63) is 47.7 Å². The van der Waals surface area contributed by atoms with Crippen LogP contribution in [-0.4, -0.2) is 14.7 Å². The molecule has 2 aromatic heterocycles. The fraction of sp³-hybridized carbons (Fsp3) is 0.154. The summed E-state index contributed by atoms with van der Waals surface area (Å²) >= 11 is 0. The first-order chi connectivity index (χ1) is 8.78. The molecule has 3 aromatic rings. The predicted octanol–water partition coefficient (Wildman–Crippen LogP) is 2.25. The van der Waals surface area contributed by atoms with E-state index in [1.807, 2.05) is 35.0 Å². The summed E-state index contributed by atoms with van der Waals surface area (Å²) in [6.07, 6.45) is 1.92. The molecule has 0 saturated carbocycles. The molecule has 0 aliphatic carbocycles. The van der Waals surface area contributed by atoms with E-state index in [0.717, 1.165) is 10.9 Å². The molecule has 5 nitrogen and oxygen atoms in total. The van der Waals surface area contributed by atoms with Gasteiger partial charge in [-0.2, -0.15) is 10.2 Å². The zero-order valence-corrected chi connectivity index (χ0v) is 9.79. The number of rotatable bonds is 2. The molecule has 0 fully saturated rings. The van der Waals surface area contributed by atoms with Crippen LogP contribution >= 0.6 is 0 Å². The van der Waals surface area contributed by atoms with Gasteiger partial charge >= 0.3 is 0 Å². The maximum atomic E-state index is 9.04. The van der Waals surface area contributed by atoms with Gasteiger partial charge in [-0.25, -0.2) is 0 Å². The van der Waals surface area contributed by atoms with Crippen LogP contribution in [0.4, 0.5) is 0 Å². The average molecular weight is 238 g/mol. The summed E-state index contributed by atoms with van der Waals surface area (Å²) < 4.78 is 7.09. The normalized spacial score (nSPS) is 10.7. The minimum absolute atomic E-state index is 0.513. The number of nitrogens with zero attached hydrogens (tertiary/aromatic N) is 4. The van der Waals surface area contributed by atoms with Crippen molar-refractivity contribution >= 4 is 10.9 Å². The minimum atomic E-state index is 0.513. The molecule has 0 saturated heterocycles. The Balaban J connectivity index is 2.06. The first kappa shape index (κ1) is 10.5. The van der Waals surface area contributed by atoms with Crippen molar-refractivity contribution in [1.82, 2.24) is 14.7 Å². The molecule has 0 N–H and O–H groups in total. The Hall–Kier alpha value is -2.61. The fourth-order valence-electron chi connectivity index (χ4n) is 2.01. The fourth-order valence-corrected chi connectivity index (χ4v) is 2.01. The summed E-state index contributed by atoms with van der Waals surface area (Å²) in [7, 11) is 0. The largest absolute Gasteiger partial charge is 0.338 e. The Morgan fingerprint density at radius 3 is 3.00 bits per heavy atom. The van der Waals surface area contributed by atoms with E-state index in [0.29, 0.717) is 23.8 Å². The van der Waals surface area contributed by atoms with Crippen LogP contribution in [0.25, 0.3) is 10.9 Å². The van der Waals surface area contributed by atoms with Gasteiger partial charge in [0.15, 0.2) is 5.82 Å². The van der Waals surface area contributed by atoms with Crippen LogP contribution in [0.5, 0.6) is 0 Å². The number of hydrogen-bond acceptors (Lipinski definition) is 4. The molecule has 0 spiro atoms. The second kappa shape index (κ2) is 4.00. The molecule has 0 radical (unpaired) electrons. The summed E-state index contributed by atoms with van der Waals surface area (Å²) in [5.74, 6) is 1.19. The number of aryl methyl sites for hydroxylation is 1. The highest BCUT2D eigenvalue weighted by Gasteiger charge is 2.08. The molecule has 5 heteroatoms. The first-order valence-corrected chi connectivity index (χ1v) is 5.55. The van der Waals surface area contributed by atoms with Crippen molar-refractivity contribution in [3.63, 3.8) is 0 Å². The van der Waals surface area contributed by atoms with Crippen LogP contribution in [0, 0.1) is 18.3 Å². The summed E-state index contributed by atoms with van der Waals surface area (Å²) in [5.41, 5.74) is 1.66. The van der Waals surface area contributed by atoms with E-state index >= 15 is 0 Å². The summed E-state index contributed by atoms with van der Waals surface area (Å²) in [5, 5.41) is 13.7. The zero-order valence-electron chi connectivity index (χ0n) is 9.79. The van der Waals surface area contributed by atoms with Crippen LogP contribution in [0.1, 0.15) is 17.3 Å². The van der Waals surface area contributed by atoms with Gasteiger partial charge in [-0.1, -0.05) is 11.2 Å². The number of hydrogen-bond donors (Lipinski definition) is 0. The van der Waals surface area contributed by atoms with Crippen LogP contribution in [-0.2, 0) is 6.54 Å². The molecule has 0 aliphatic rings. The third kappa shape index (κ3) is 1.64. The lowest BCUT2D eigenvalue weighted by Gasteiger charge is -2.01. The van der Waals surface area contributed by atoms with Gasteiger partial charge in [0.25, 0.3) is 0 Å². The van der Waals surface area contributed by atoms with Gasteiger partial charge in [0.05, 0.1) is 11.6 Å². The third-order valence-corrected chi connectivity index (χ3v) is 2.81. The highest BCUT2D eigenvalue weighted by molar-refractivity contribution is 5.86. The van der Waals surface area contributed by atoms with Crippen LogP contribution < -0.4 is 0 Å². The molecule has 1 aromatic carbocycles. The topological polar surface area (TPSA) is 67.6 Å². The van der Waals surface area contributed by atoms with E-state index < -0.39 is 0 Å². The summed E-state index contributed by atoms with van der Waals surface area (Å²) in [6.45, 7) is 2.30. The average Bonchev–Trinajstić information content (AvgIpc) is 2.97. The van der Waals surface area contributed by atoms with Crippen LogP contribution in [0.2, 0.25) is 0 Å². The smallest absolute Gasteiger partial charge is 0.246 e. The lowest BCUT2D eigenvalue weighted by atomic mass is 10.1. The Kier molecular flexibility index (Phi) is 2.34. The maximum absolute atomic E-state index is 9.04. The van der Waals surface area contributed by atoms with E-state index in [2.05, 4.69) is 16.2 Å². The SMILES string of the molecule is Cc1noc(Cn2ccc3c(C#N)cccc32)n1. The lowest BCUT2D eigenvalue weighted by Crippen LogP contribution is -1.98. The van der Waals surface area contributed by atoms with Crippen LogP contribution in [0.15, 0.2) is 35.0 Å². The molecule has 0 amide bonds. The minimum Gasteiger partial charge on any atom is -0.338 e. The van der Waals surface area contributed by atoms with Crippen LogP contribution in [0.3, 0.4) is 0 Å². The zero-order chi connectivity index (χ0) is 12.5. The molecule has 0 aliphatic heterocycles. The second-order valence-electron chi connectivity index (χ2n) is 4.03. The highest BCUT2D eigenvalue weighted by Crippen LogP contribution is 2.20. The Labute approximate surface area is 103 Å². The molecule has 18 heavy (non-hydrogen) atoms. The molecule has 2 heterocycles. The van der Waals surface area contributed by atoms with E-state index in [9.17, 15) is 0 Å². The Bertz CT molecular complexity index is 748. The van der Waals surface area contributed by atoms with Gasteiger partial charge in [0.1, 0.15) is 6.54 Å². The van der Waals surface area contributed by atoms with Gasteiger partial charge in [0.2, 0.25) is 5.89 Å². The number of nitriles is 1. The number of benzene rings is 1. The molecule has 0 bridgehead atoms. The summed E-state index contributed by atoms with van der Waals surface area (Å²) in [4.78, 5) is 4.17. The molecule has 3 rings (SSSR count). The van der Waals surface area contributed by atoms with Crippen molar-refractivity contribution < 1.29 is 4.52 Å². The number of aromatic nitrogens is 3. The van der Waals surface area contributed by atoms with Crippen molar-refractivity contribution in [1.29, 1.82) is 5.26 Å². The molecular formula is C13H10N4O. The van der Waals surface area contributed by atoms with E-state index in [4.69, 9.17) is 9.78 Å². The number of fused-ring (bicyclic) bond motifs is 1. The van der Waals surface area contributed by atoms with Crippen molar-refractivity contribution in [2.75, 3.05) is 0 Å². The Morgan fingerprint density at radius 2 is 2.28 bits per heavy atom. The van der Waals surface area contributed by atoms with E-state index in [1.54, 1.807) is 6.92 Å². The van der Waals surface area contributed by atoms with Crippen molar-refractivity contribution in [3.8, 4) is 6.07 Å². The standard InChI is InChI=1S/C13H10N4O/c1-9-15-13(18-16-9)8-17-6-5-11-10(7-14)3-2-4-12(11)17/h2-6H,8H2,1H3. The highest BCUT2D eigenvalue weighted by atomic mass is 16.5. The van der Waals surface area contributed by atoms with Gasteiger partial charge in [-0.15, -0.1) is 0 Å². The Morgan fingerprint density at radius 1 is 1.39 bits per heavy atom. The quantitative estimate of drug-likeness (QED) is 0.686.